The molecule has 0 spiro atoms. The summed E-state index contributed by atoms with van der Waals surface area (Å²) < 4.78 is 0. The molecule has 138 valence electrons. The Morgan fingerprint density at radius 2 is 2.04 bits per heavy atom. The van der Waals surface area contributed by atoms with Crippen molar-refractivity contribution in [3.8, 4) is 0 Å². The standard InChI is InChI=1S/C19H30N4O2/c1-3-22(18-10-5-4-6-11-18)14-8-12-20-19(25)23-13-7-9-17(15-23)21-16(2)24/h4-6,10-11,17H,3,7-9,12-15H2,1-2H3,(H,20,25)(H,21,24). The first-order valence-corrected chi connectivity index (χ1v) is 9.20. The first kappa shape index (κ1) is 19.1. The molecule has 1 atom stereocenters. The SMILES string of the molecule is CCN(CCCNC(=O)N1CCCC(NC(C)=O)C1)c1ccccc1. The number of piperidine rings is 1. The van der Waals surface area contributed by atoms with Crippen molar-refractivity contribution in [3.63, 3.8) is 0 Å². The zero-order chi connectivity index (χ0) is 18.1. The number of rotatable bonds is 7. The van der Waals surface area contributed by atoms with Crippen molar-refractivity contribution in [2.75, 3.05) is 37.6 Å². The van der Waals surface area contributed by atoms with Crippen LogP contribution in [-0.2, 0) is 4.79 Å². The average Bonchev–Trinajstić information content (AvgIpc) is 2.62. The third-order valence-electron chi connectivity index (χ3n) is 4.50. The molecular formula is C19H30N4O2. The molecule has 0 bridgehead atoms. The zero-order valence-corrected chi connectivity index (χ0v) is 15.3. The van der Waals surface area contributed by atoms with E-state index in [0.717, 1.165) is 38.9 Å². The molecule has 0 saturated carbocycles. The Morgan fingerprint density at radius 3 is 2.72 bits per heavy atom. The van der Waals surface area contributed by atoms with Gasteiger partial charge in [-0.2, -0.15) is 0 Å². The van der Waals surface area contributed by atoms with Crippen LogP contribution in [0.3, 0.4) is 0 Å². The lowest BCUT2D eigenvalue weighted by atomic mass is 10.1. The number of anilines is 1. The lowest BCUT2D eigenvalue weighted by Gasteiger charge is -2.33. The van der Waals surface area contributed by atoms with Gasteiger partial charge in [0.05, 0.1) is 0 Å². The first-order valence-electron chi connectivity index (χ1n) is 9.20. The van der Waals surface area contributed by atoms with Crippen molar-refractivity contribution in [1.29, 1.82) is 0 Å². The van der Waals surface area contributed by atoms with Crippen molar-refractivity contribution < 1.29 is 9.59 Å². The molecule has 2 rings (SSSR count). The summed E-state index contributed by atoms with van der Waals surface area (Å²) in [6, 6.07) is 10.4. The molecule has 1 unspecified atom stereocenters. The van der Waals surface area contributed by atoms with Gasteiger partial charge in [-0.1, -0.05) is 18.2 Å². The Bertz CT molecular complexity index is 550. The molecule has 3 amide bonds. The van der Waals surface area contributed by atoms with Gasteiger partial charge >= 0.3 is 6.03 Å². The van der Waals surface area contributed by atoms with Crippen LogP contribution in [0.2, 0.25) is 0 Å². The van der Waals surface area contributed by atoms with Gasteiger partial charge in [-0.05, 0) is 38.3 Å². The number of likely N-dealkylation sites (tertiary alicyclic amines) is 1. The summed E-state index contributed by atoms with van der Waals surface area (Å²) in [5.41, 5.74) is 1.21. The van der Waals surface area contributed by atoms with Gasteiger partial charge < -0.3 is 20.4 Å². The maximum absolute atomic E-state index is 12.3. The van der Waals surface area contributed by atoms with E-state index < -0.39 is 0 Å². The van der Waals surface area contributed by atoms with Gasteiger partial charge in [-0.25, -0.2) is 4.79 Å². The molecule has 1 aliphatic rings. The lowest BCUT2D eigenvalue weighted by molar-refractivity contribution is -0.119. The van der Waals surface area contributed by atoms with Crippen molar-refractivity contribution in [2.45, 2.75) is 39.2 Å². The summed E-state index contributed by atoms with van der Waals surface area (Å²) in [7, 11) is 0. The number of hydrogen-bond acceptors (Lipinski definition) is 3. The molecule has 0 aromatic heterocycles. The number of hydrogen-bond donors (Lipinski definition) is 2. The van der Waals surface area contributed by atoms with Crippen LogP contribution in [0.4, 0.5) is 10.5 Å². The van der Waals surface area contributed by atoms with Gasteiger partial charge in [-0.3, -0.25) is 4.79 Å². The molecule has 6 heteroatoms. The van der Waals surface area contributed by atoms with E-state index in [9.17, 15) is 9.59 Å². The Hall–Kier alpha value is -2.24. The maximum Gasteiger partial charge on any atom is 0.317 e. The van der Waals surface area contributed by atoms with E-state index in [4.69, 9.17) is 0 Å². The van der Waals surface area contributed by atoms with Crippen molar-refractivity contribution in [3.05, 3.63) is 30.3 Å². The largest absolute Gasteiger partial charge is 0.372 e. The second-order valence-corrected chi connectivity index (χ2v) is 6.49. The number of carbonyl (C=O) groups excluding carboxylic acids is 2. The van der Waals surface area contributed by atoms with Crippen LogP contribution in [0.1, 0.15) is 33.1 Å². The predicted octanol–water partition coefficient (Wildman–Crippen LogP) is 2.21. The van der Waals surface area contributed by atoms with Crippen molar-refractivity contribution >= 4 is 17.6 Å². The molecule has 0 radical (unpaired) electrons. The highest BCUT2D eigenvalue weighted by Crippen LogP contribution is 2.13. The number of nitrogens with one attached hydrogen (secondary N) is 2. The highest BCUT2D eigenvalue weighted by atomic mass is 16.2. The summed E-state index contributed by atoms with van der Waals surface area (Å²) in [5, 5.41) is 5.91. The van der Waals surface area contributed by atoms with Gasteiger partial charge in [0.15, 0.2) is 0 Å². The molecule has 0 aliphatic carbocycles. The summed E-state index contributed by atoms with van der Waals surface area (Å²) in [6.07, 6.45) is 2.76. The van der Waals surface area contributed by atoms with Crippen LogP contribution in [0, 0.1) is 0 Å². The van der Waals surface area contributed by atoms with Crippen LogP contribution < -0.4 is 15.5 Å². The summed E-state index contributed by atoms with van der Waals surface area (Å²) in [5.74, 6) is -0.0344. The highest BCUT2D eigenvalue weighted by Gasteiger charge is 2.23. The van der Waals surface area contributed by atoms with E-state index in [1.165, 1.54) is 12.6 Å². The van der Waals surface area contributed by atoms with Gasteiger partial charge in [0, 0.05) is 51.4 Å². The van der Waals surface area contributed by atoms with E-state index >= 15 is 0 Å². The van der Waals surface area contributed by atoms with Gasteiger partial charge in [0.1, 0.15) is 0 Å². The second kappa shape index (κ2) is 9.91. The number of nitrogens with zero attached hydrogens (tertiary/aromatic N) is 2. The van der Waals surface area contributed by atoms with Crippen molar-refractivity contribution in [2.24, 2.45) is 0 Å². The molecular weight excluding hydrogens is 316 g/mol. The number of para-hydroxylation sites is 1. The van der Waals surface area contributed by atoms with Crippen LogP contribution in [0.15, 0.2) is 30.3 Å². The van der Waals surface area contributed by atoms with E-state index in [2.05, 4.69) is 34.6 Å². The normalized spacial score (nSPS) is 17.0. The minimum atomic E-state index is -0.0344. The number of urea groups is 1. The molecule has 6 nitrogen and oxygen atoms in total. The Balaban J connectivity index is 1.70. The smallest absolute Gasteiger partial charge is 0.317 e. The molecule has 1 aliphatic heterocycles. The molecule has 25 heavy (non-hydrogen) atoms. The molecule has 1 heterocycles. The molecule has 1 saturated heterocycles. The van der Waals surface area contributed by atoms with Crippen LogP contribution in [0.25, 0.3) is 0 Å². The maximum atomic E-state index is 12.3. The summed E-state index contributed by atoms with van der Waals surface area (Å²) in [6.45, 7) is 7.53. The van der Waals surface area contributed by atoms with Gasteiger partial charge in [0.25, 0.3) is 0 Å². The van der Waals surface area contributed by atoms with E-state index in [0.29, 0.717) is 13.1 Å². The summed E-state index contributed by atoms with van der Waals surface area (Å²) in [4.78, 5) is 27.6. The van der Waals surface area contributed by atoms with Crippen molar-refractivity contribution in [1.82, 2.24) is 15.5 Å². The topological polar surface area (TPSA) is 64.7 Å². The fourth-order valence-electron chi connectivity index (χ4n) is 3.25. The van der Waals surface area contributed by atoms with Crippen LogP contribution in [0.5, 0.6) is 0 Å². The van der Waals surface area contributed by atoms with E-state index in [1.807, 2.05) is 18.2 Å². The molecule has 1 aromatic carbocycles. The average molecular weight is 346 g/mol. The Labute approximate surface area is 150 Å². The van der Waals surface area contributed by atoms with Crippen LogP contribution in [-0.4, -0.2) is 55.6 Å². The Kier molecular flexibility index (Phi) is 7.57. The van der Waals surface area contributed by atoms with E-state index in [-0.39, 0.29) is 18.0 Å². The summed E-state index contributed by atoms with van der Waals surface area (Å²) >= 11 is 0. The van der Waals surface area contributed by atoms with Crippen LogP contribution >= 0.6 is 0 Å². The molecule has 1 fully saturated rings. The fourth-order valence-corrected chi connectivity index (χ4v) is 3.25. The Morgan fingerprint density at radius 1 is 1.28 bits per heavy atom. The van der Waals surface area contributed by atoms with Gasteiger partial charge in [-0.15, -0.1) is 0 Å². The van der Waals surface area contributed by atoms with Gasteiger partial charge in [0.2, 0.25) is 5.91 Å². The number of carbonyl (C=O) groups is 2. The first-order chi connectivity index (χ1) is 12.1. The number of benzene rings is 1. The minimum Gasteiger partial charge on any atom is -0.372 e. The third kappa shape index (κ3) is 6.29. The predicted molar refractivity (Wildman–Crippen MR) is 101 cm³/mol. The minimum absolute atomic E-state index is 0.0298. The lowest BCUT2D eigenvalue weighted by Crippen LogP contribution is -2.52. The number of amides is 3. The quantitative estimate of drug-likeness (QED) is 0.744. The molecule has 2 N–H and O–H groups in total. The molecule has 1 aromatic rings. The highest BCUT2D eigenvalue weighted by molar-refractivity contribution is 5.75. The van der Waals surface area contributed by atoms with E-state index in [1.54, 1.807) is 4.90 Å². The monoisotopic (exact) mass is 346 g/mol. The third-order valence-corrected chi connectivity index (χ3v) is 4.50. The second-order valence-electron chi connectivity index (χ2n) is 6.49. The zero-order valence-electron chi connectivity index (χ0n) is 15.3. The fraction of sp³-hybridized carbons (Fsp3) is 0.579.